The number of quaternary nitrogens is 1. The molecule has 18 heavy (non-hydrogen) atoms. The summed E-state index contributed by atoms with van der Waals surface area (Å²) in [6.07, 6.45) is 14.6. The highest BCUT2D eigenvalue weighted by Crippen LogP contribution is 2.20. The largest absolute Gasteiger partial charge is 1.00 e. The van der Waals surface area contributed by atoms with Crippen LogP contribution >= 0.6 is 0 Å². The lowest BCUT2D eigenvalue weighted by molar-refractivity contribution is -0.915. The van der Waals surface area contributed by atoms with Gasteiger partial charge in [0, 0.05) is 12.8 Å². The van der Waals surface area contributed by atoms with Gasteiger partial charge >= 0.3 is 0 Å². The Morgan fingerprint density at radius 1 is 0.722 bits per heavy atom. The van der Waals surface area contributed by atoms with Crippen molar-refractivity contribution in [3.05, 3.63) is 0 Å². The molecule has 0 atom stereocenters. The summed E-state index contributed by atoms with van der Waals surface area (Å²) < 4.78 is 1.44. The Kier molecular flexibility index (Phi) is 11.6. The van der Waals surface area contributed by atoms with Gasteiger partial charge in [0.25, 0.3) is 0 Å². The lowest BCUT2D eigenvalue weighted by atomic mass is 10.1. The van der Waals surface area contributed by atoms with Crippen molar-refractivity contribution in [3.8, 4) is 0 Å². The molecule has 1 aliphatic rings. The van der Waals surface area contributed by atoms with Crippen molar-refractivity contribution in [1.29, 1.82) is 0 Å². The molecule has 1 aliphatic heterocycles. The minimum atomic E-state index is 0. The minimum absolute atomic E-state index is 0. The molecule has 0 aromatic carbocycles. The summed E-state index contributed by atoms with van der Waals surface area (Å²) in [5.41, 5.74) is 0. The fourth-order valence-corrected chi connectivity index (χ4v) is 3.29. The number of halogens is 1. The standard InChI is InChI=1S/C16H34N.BrH/c1-3-5-6-7-8-9-10-11-14-17(4-2)15-12-13-16-17;/h3-16H2,1-2H3;1H/q+1;/p-1. The average Bonchev–Trinajstić information content (AvgIpc) is 2.82. The van der Waals surface area contributed by atoms with Gasteiger partial charge in [0.05, 0.1) is 26.2 Å². The third kappa shape index (κ3) is 7.13. The molecule has 0 bridgehead atoms. The molecule has 1 saturated heterocycles. The monoisotopic (exact) mass is 319 g/mol. The molecule has 0 amide bonds. The summed E-state index contributed by atoms with van der Waals surface area (Å²) >= 11 is 0. The van der Waals surface area contributed by atoms with Crippen molar-refractivity contribution >= 4 is 0 Å². The maximum absolute atomic E-state index is 2.38. The summed E-state index contributed by atoms with van der Waals surface area (Å²) in [7, 11) is 0. The Morgan fingerprint density at radius 2 is 1.22 bits per heavy atom. The first-order valence-corrected chi connectivity index (χ1v) is 8.18. The van der Waals surface area contributed by atoms with Crippen LogP contribution < -0.4 is 17.0 Å². The lowest BCUT2D eigenvalue weighted by Gasteiger charge is -2.33. The van der Waals surface area contributed by atoms with E-state index < -0.39 is 0 Å². The Balaban J connectivity index is 0.00000289. The van der Waals surface area contributed by atoms with E-state index in [1.54, 1.807) is 0 Å². The van der Waals surface area contributed by atoms with E-state index in [9.17, 15) is 0 Å². The number of nitrogens with zero attached hydrogens (tertiary/aromatic N) is 1. The summed E-state index contributed by atoms with van der Waals surface area (Å²) in [4.78, 5) is 0. The molecule has 0 aromatic heterocycles. The van der Waals surface area contributed by atoms with Gasteiger partial charge in [0.1, 0.15) is 0 Å². The van der Waals surface area contributed by atoms with Crippen LogP contribution in [0.4, 0.5) is 0 Å². The second-order valence-corrected chi connectivity index (χ2v) is 6.01. The lowest BCUT2D eigenvalue weighted by Crippen LogP contribution is -3.00. The van der Waals surface area contributed by atoms with Crippen molar-refractivity contribution < 1.29 is 21.5 Å². The van der Waals surface area contributed by atoms with Crippen LogP contribution in [-0.4, -0.2) is 30.7 Å². The Labute approximate surface area is 126 Å². The predicted molar refractivity (Wildman–Crippen MR) is 77.2 cm³/mol. The highest BCUT2D eigenvalue weighted by Gasteiger charge is 2.28. The van der Waals surface area contributed by atoms with E-state index in [0.717, 1.165) is 0 Å². The first kappa shape index (κ1) is 18.4. The van der Waals surface area contributed by atoms with E-state index in [1.807, 2.05) is 0 Å². The fourth-order valence-electron chi connectivity index (χ4n) is 3.29. The second-order valence-electron chi connectivity index (χ2n) is 6.01. The molecule has 0 N–H and O–H groups in total. The highest BCUT2D eigenvalue weighted by molar-refractivity contribution is 4.55. The Hall–Kier alpha value is 0.440. The summed E-state index contributed by atoms with van der Waals surface area (Å²) in [6.45, 7) is 10.4. The molecule has 1 rings (SSSR count). The van der Waals surface area contributed by atoms with Gasteiger partial charge in [0.2, 0.25) is 0 Å². The summed E-state index contributed by atoms with van der Waals surface area (Å²) in [6, 6.07) is 0. The number of likely N-dealkylation sites (tertiary alicyclic amines) is 1. The topological polar surface area (TPSA) is 0 Å². The van der Waals surface area contributed by atoms with Crippen LogP contribution in [0.15, 0.2) is 0 Å². The normalized spacial score (nSPS) is 17.7. The smallest absolute Gasteiger partial charge is 0.0788 e. The number of hydrogen-bond acceptors (Lipinski definition) is 0. The molecule has 0 spiro atoms. The van der Waals surface area contributed by atoms with E-state index in [-0.39, 0.29) is 17.0 Å². The predicted octanol–water partition coefficient (Wildman–Crippen LogP) is 1.76. The van der Waals surface area contributed by atoms with Gasteiger partial charge in [-0.05, 0) is 19.8 Å². The fraction of sp³-hybridized carbons (Fsp3) is 1.00. The molecular weight excluding hydrogens is 286 g/mol. The van der Waals surface area contributed by atoms with Crippen molar-refractivity contribution in [2.45, 2.75) is 78.1 Å². The van der Waals surface area contributed by atoms with E-state index in [1.165, 1.54) is 94.9 Å². The van der Waals surface area contributed by atoms with Gasteiger partial charge in [-0.2, -0.15) is 0 Å². The third-order valence-corrected chi connectivity index (χ3v) is 4.67. The molecule has 1 heterocycles. The molecule has 0 aromatic rings. The van der Waals surface area contributed by atoms with Crippen LogP contribution in [-0.2, 0) is 0 Å². The molecule has 0 radical (unpaired) electrons. The number of rotatable bonds is 10. The summed E-state index contributed by atoms with van der Waals surface area (Å²) in [5.74, 6) is 0. The maximum atomic E-state index is 2.38. The van der Waals surface area contributed by atoms with E-state index in [0.29, 0.717) is 0 Å². The van der Waals surface area contributed by atoms with Crippen LogP contribution in [0.1, 0.15) is 78.1 Å². The van der Waals surface area contributed by atoms with Gasteiger partial charge in [-0.25, -0.2) is 0 Å². The van der Waals surface area contributed by atoms with Crippen LogP contribution in [0, 0.1) is 0 Å². The van der Waals surface area contributed by atoms with Gasteiger partial charge in [-0.15, -0.1) is 0 Å². The molecule has 0 aliphatic carbocycles. The molecule has 0 saturated carbocycles. The van der Waals surface area contributed by atoms with Gasteiger partial charge in [-0.1, -0.05) is 45.4 Å². The molecule has 2 heteroatoms. The Morgan fingerprint density at radius 3 is 1.72 bits per heavy atom. The van der Waals surface area contributed by atoms with Crippen LogP contribution in [0.25, 0.3) is 0 Å². The number of unbranched alkanes of at least 4 members (excludes halogenated alkanes) is 7. The first-order chi connectivity index (χ1) is 8.33. The quantitative estimate of drug-likeness (QED) is 0.425. The molecule has 0 unspecified atom stereocenters. The van der Waals surface area contributed by atoms with E-state index in [2.05, 4.69) is 13.8 Å². The van der Waals surface area contributed by atoms with Crippen molar-refractivity contribution in [2.75, 3.05) is 26.2 Å². The average molecular weight is 320 g/mol. The minimum Gasteiger partial charge on any atom is -1.00 e. The van der Waals surface area contributed by atoms with Crippen molar-refractivity contribution in [2.24, 2.45) is 0 Å². The summed E-state index contributed by atoms with van der Waals surface area (Å²) in [5, 5.41) is 0. The van der Waals surface area contributed by atoms with Crippen molar-refractivity contribution in [1.82, 2.24) is 0 Å². The molecule has 1 fully saturated rings. The maximum Gasteiger partial charge on any atom is 0.0788 e. The molecule has 110 valence electrons. The zero-order valence-electron chi connectivity index (χ0n) is 12.7. The zero-order chi connectivity index (χ0) is 12.4. The number of hydrogen-bond donors (Lipinski definition) is 0. The Bertz CT molecular complexity index is 176. The van der Waals surface area contributed by atoms with Gasteiger partial charge in [-0.3, -0.25) is 0 Å². The SMILES string of the molecule is CCCCCCCCCC[N+]1(CC)CCCC1.[Br-]. The van der Waals surface area contributed by atoms with E-state index in [4.69, 9.17) is 0 Å². The first-order valence-electron chi connectivity index (χ1n) is 8.18. The molecule has 1 nitrogen and oxygen atoms in total. The zero-order valence-corrected chi connectivity index (χ0v) is 14.3. The van der Waals surface area contributed by atoms with Crippen LogP contribution in [0.5, 0.6) is 0 Å². The van der Waals surface area contributed by atoms with Crippen LogP contribution in [0.3, 0.4) is 0 Å². The van der Waals surface area contributed by atoms with Gasteiger partial charge < -0.3 is 21.5 Å². The highest BCUT2D eigenvalue weighted by atomic mass is 79.9. The van der Waals surface area contributed by atoms with Crippen LogP contribution in [0.2, 0.25) is 0 Å². The van der Waals surface area contributed by atoms with E-state index >= 15 is 0 Å². The molecular formula is C16H34BrN. The third-order valence-electron chi connectivity index (χ3n) is 4.67. The second kappa shape index (κ2) is 11.3. The van der Waals surface area contributed by atoms with Crippen molar-refractivity contribution in [3.63, 3.8) is 0 Å². The van der Waals surface area contributed by atoms with Gasteiger partial charge in [0.15, 0.2) is 0 Å².